The largest absolute Gasteiger partial charge is 0.493 e. The molecule has 3 aromatic rings. The fraction of sp³-hybridized carbons (Fsp3) is 0.300. The number of nitrogens with zero attached hydrogens (tertiary/aromatic N) is 2. The van der Waals surface area contributed by atoms with Gasteiger partial charge in [0.15, 0.2) is 6.04 Å². The third-order valence-electron chi connectivity index (χ3n) is 6.31. The maximum absolute atomic E-state index is 13.0. The number of hydrogen-bond acceptors (Lipinski definition) is 5. The summed E-state index contributed by atoms with van der Waals surface area (Å²) in [5, 5.41) is 10.0. The Morgan fingerprint density at radius 2 is 2.00 bits per heavy atom. The van der Waals surface area contributed by atoms with Gasteiger partial charge in [-0.05, 0) is 60.7 Å². The van der Waals surface area contributed by atoms with E-state index in [1.807, 2.05) is 61.5 Å². The van der Waals surface area contributed by atoms with E-state index in [2.05, 4.69) is 11.9 Å². The zero-order valence-electron chi connectivity index (χ0n) is 21.2. The molecule has 0 saturated heterocycles. The summed E-state index contributed by atoms with van der Waals surface area (Å²) < 4.78 is 11.7. The van der Waals surface area contributed by atoms with E-state index in [1.54, 1.807) is 12.1 Å². The van der Waals surface area contributed by atoms with Crippen LogP contribution in [0.4, 0.5) is 0 Å². The highest BCUT2D eigenvalue weighted by molar-refractivity contribution is 5.95. The lowest BCUT2D eigenvalue weighted by Gasteiger charge is -2.34. The van der Waals surface area contributed by atoms with Crippen molar-refractivity contribution in [1.82, 2.24) is 9.88 Å². The van der Waals surface area contributed by atoms with Crippen molar-refractivity contribution in [2.24, 2.45) is 0 Å². The van der Waals surface area contributed by atoms with Gasteiger partial charge in [-0.15, -0.1) is 0 Å². The first-order chi connectivity index (χ1) is 18.0. The van der Waals surface area contributed by atoms with Crippen LogP contribution < -0.4 is 4.74 Å². The molecule has 1 atom stereocenters. The van der Waals surface area contributed by atoms with Gasteiger partial charge in [-0.2, -0.15) is 0 Å². The number of fused-ring (bicyclic) bond motifs is 1. The van der Waals surface area contributed by atoms with Crippen molar-refractivity contribution < 1.29 is 23.8 Å². The van der Waals surface area contributed by atoms with Crippen molar-refractivity contribution in [2.45, 2.75) is 45.6 Å². The smallest absolute Gasteiger partial charge is 0.331 e. The van der Waals surface area contributed by atoms with Gasteiger partial charge in [0.25, 0.3) is 0 Å². The minimum atomic E-state index is -1.07. The number of aromatic nitrogens is 1. The predicted molar refractivity (Wildman–Crippen MR) is 142 cm³/mol. The molecule has 1 aromatic heterocycles. The summed E-state index contributed by atoms with van der Waals surface area (Å²) in [5.74, 6) is 0.502. The predicted octanol–water partition coefficient (Wildman–Crippen LogP) is 5.64. The average molecular weight is 501 g/mol. The highest BCUT2D eigenvalue weighted by atomic mass is 16.5. The molecule has 0 aliphatic carbocycles. The van der Waals surface area contributed by atoms with Crippen LogP contribution >= 0.6 is 0 Å². The molecule has 0 fully saturated rings. The van der Waals surface area contributed by atoms with Crippen LogP contribution in [0.5, 0.6) is 5.75 Å². The second kappa shape index (κ2) is 12.2. The number of oxazole rings is 1. The molecular weight excluding hydrogens is 468 g/mol. The summed E-state index contributed by atoms with van der Waals surface area (Å²) in [6, 6.07) is 13.8. The molecule has 1 aliphatic rings. The fourth-order valence-electron chi connectivity index (χ4n) is 4.38. The number of unbranched alkanes of at least 4 members (excludes halogenated alkanes) is 1. The minimum Gasteiger partial charge on any atom is -0.493 e. The molecule has 0 saturated carbocycles. The topological polar surface area (TPSA) is 92.9 Å². The number of amides is 1. The van der Waals surface area contributed by atoms with E-state index in [9.17, 15) is 14.7 Å². The minimum absolute atomic E-state index is 0.335. The van der Waals surface area contributed by atoms with Gasteiger partial charge in [0.1, 0.15) is 11.5 Å². The molecule has 1 aliphatic heterocycles. The first-order valence-corrected chi connectivity index (χ1v) is 12.6. The first kappa shape index (κ1) is 25.9. The lowest BCUT2D eigenvalue weighted by atomic mass is 9.92. The summed E-state index contributed by atoms with van der Waals surface area (Å²) in [4.78, 5) is 31.1. The quantitative estimate of drug-likeness (QED) is 0.362. The molecule has 0 radical (unpaired) electrons. The van der Waals surface area contributed by atoms with Crippen molar-refractivity contribution in [3.05, 3.63) is 94.7 Å². The van der Waals surface area contributed by atoms with Gasteiger partial charge in [0, 0.05) is 19.0 Å². The Hall–Kier alpha value is -4.13. The molecule has 37 heavy (non-hydrogen) atoms. The van der Waals surface area contributed by atoms with E-state index in [4.69, 9.17) is 9.15 Å². The molecule has 2 aromatic carbocycles. The molecule has 7 heteroatoms. The number of aliphatic carboxylic acids is 1. The van der Waals surface area contributed by atoms with Crippen LogP contribution in [0.15, 0.2) is 65.1 Å². The Bertz CT molecular complexity index is 1290. The summed E-state index contributed by atoms with van der Waals surface area (Å²) in [6.07, 6.45) is 10.2. The van der Waals surface area contributed by atoms with Crippen LogP contribution in [0.2, 0.25) is 0 Å². The summed E-state index contributed by atoms with van der Waals surface area (Å²) >= 11 is 0. The maximum atomic E-state index is 13.0. The van der Waals surface area contributed by atoms with E-state index in [-0.39, 0.29) is 5.91 Å². The molecule has 1 unspecified atom stereocenters. The normalized spacial score (nSPS) is 15.3. The van der Waals surface area contributed by atoms with Crippen LogP contribution in [0.3, 0.4) is 0 Å². The Morgan fingerprint density at radius 3 is 2.76 bits per heavy atom. The van der Waals surface area contributed by atoms with Crippen molar-refractivity contribution >= 4 is 24.0 Å². The number of aryl methyl sites for hydroxylation is 1. The SMILES string of the molecule is CCC/C=C/c1nc(CCOc2ccc3c(c2)C(C(=O)O)N(C(=O)C=Cc2ccccc2)CC3)c(C)o1. The average Bonchev–Trinajstić information content (AvgIpc) is 3.26. The molecular formula is C30H32N2O5. The number of rotatable bonds is 10. The number of ether oxygens (including phenoxy) is 1. The van der Waals surface area contributed by atoms with Crippen molar-refractivity contribution in [3.8, 4) is 5.75 Å². The third-order valence-corrected chi connectivity index (χ3v) is 6.31. The Kier molecular flexibility index (Phi) is 8.56. The monoisotopic (exact) mass is 500 g/mol. The van der Waals surface area contributed by atoms with Crippen LogP contribution in [-0.2, 0) is 22.4 Å². The highest BCUT2D eigenvalue weighted by Crippen LogP contribution is 2.33. The van der Waals surface area contributed by atoms with Crippen molar-refractivity contribution in [1.29, 1.82) is 0 Å². The Labute approximate surface area is 217 Å². The number of carboxylic acids is 1. The van der Waals surface area contributed by atoms with Crippen LogP contribution in [-0.4, -0.2) is 40.0 Å². The lowest BCUT2D eigenvalue weighted by molar-refractivity contribution is -0.149. The van der Waals surface area contributed by atoms with E-state index in [1.165, 1.54) is 11.0 Å². The number of benzene rings is 2. The zero-order valence-corrected chi connectivity index (χ0v) is 21.2. The number of carbonyl (C=O) groups is 2. The molecule has 0 bridgehead atoms. The lowest BCUT2D eigenvalue weighted by Crippen LogP contribution is -2.42. The van der Waals surface area contributed by atoms with Gasteiger partial charge >= 0.3 is 5.97 Å². The molecule has 192 valence electrons. The molecule has 2 heterocycles. The van der Waals surface area contributed by atoms with Gasteiger partial charge in [-0.25, -0.2) is 9.78 Å². The number of hydrogen-bond donors (Lipinski definition) is 1. The van der Waals surface area contributed by atoms with E-state index in [0.29, 0.717) is 43.2 Å². The number of carbonyl (C=O) groups excluding carboxylic acids is 1. The molecule has 7 nitrogen and oxygen atoms in total. The van der Waals surface area contributed by atoms with Crippen molar-refractivity contribution in [3.63, 3.8) is 0 Å². The highest BCUT2D eigenvalue weighted by Gasteiger charge is 2.35. The third kappa shape index (κ3) is 6.55. The molecule has 4 rings (SSSR count). The standard InChI is InChI=1S/C30H32N2O5/c1-3-4-6-11-27-31-26(21(2)37-27)17-19-36-24-14-13-23-16-18-32(29(30(34)35)25(23)20-24)28(33)15-12-22-9-7-5-8-10-22/h5-15,20,29H,3-4,16-19H2,1-2H3,(H,34,35)/b11-6+,15-12?. The maximum Gasteiger partial charge on any atom is 0.331 e. The summed E-state index contributed by atoms with van der Waals surface area (Å²) in [7, 11) is 0. The van der Waals surface area contributed by atoms with Gasteiger partial charge < -0.3 is 19.2 Å². The van der Waals surface area contributed by atoms with Gasteiger partial charge in [-0.1, -0.05) is 55.8 Å². The second-order valence-electron chi connectivity index (χ2n) is 8.97. The van der Waals surface area contributed by atoms with E-state index < -0.39 is 12.0 Å². The summed E-state index contributed by atoms with van der Waals surface area (Å²) in [5.41, 5.74) is 3.20. The molecule has 1 N–H and O–H groups in total. The van der Waals surface area contributed by atoms with Gasteiger partial charge in [0.2, 0.25) is 11.8 Å². The fourth-order valence-corrected chi connectivity index (χ4v) is 4.38. The number of carboxylic acid groups (broad SMARTS) is 1. The van der Waals surface area contributed by atoms with Crippen LogP contribution in [0.1, 0.15) is 59.8 Å². The van der Waals surface area contributed by atoms with Crippen LogP contribution in [0, 0.1) is 6.92 Å². The zero-order chi connectivity index (χ0) is 26.2. The van der Waals surface area contributed by atoms with Crippen LogP contribution in [0.25, 0.3) is 12.2 Å². The second-order valence-corrected chi connectivity index (χ2v) is 8.97. The van der Waals surface area contributed by atoms with Gasteiger partial charge in [0.05, 0.1) is 12.3 Å². The Balaban J connectivity index is 1.44. The van der Waals surface area contributed by atoms with Gasteiger partial charge in [-0.3, -0.25) is 4.79 Å². The van der Waals surface area contributed by atoms with E-state index >= 15 is 0 Å². The molecule has 0 spiro atoms. The summed E-state index contributed by atoms with van der Waals surface area (Å²) in [6.45, 7) is 4.70. The first-order valence-electron chi connectivity index (χ1n) is 12.6. The number of allylic oxidation sites excluding steroid dienone is 1. The Morgan fingerprint density at radius 1 is 1.19 bits per heavy atom. The van der Waals surface area contributed by atoms with Crippen molar-refractivity contribution in [2.75, 3.05) is 13.2 Å². The molecule has 1 amide bonds. The van der Waals surface area contributed by atoms with E-state index in [0.717, 1.165) is 35.4 Å².